The van der Waals surface area contributed by atoms with Crippen molar-refractivity contribution in [2.24, 2.45) is 0 Å². The summed E-state index contributed by atoms with van der Waals surface area (Å²) in [6, 6.07) is 22.9. The number of benzene rings is 2. The van der Waals surface area contributed by atoms with Gasteiger partial charge in [0.2, 0.25) is 0 Å². The standard InChI is InChI=1S/C11H8FN.C6H6BFO2.C5H4BrN/c12-10-5-3-4-9(8-10)11-6-1-2-7-13-11;8-6-3-1-2-5(4-6)7(9)10;6-5-3-1-2-4-7-5/h1-8H;1-4,9-10H;1-4H. The van der Waals surface area contributed by atoms with E-state index in [0.29, 0.717) is 0 Å². The zero-order valence-electron chi connectivity index (χ0n) is 15.7. The minimum Gasteiger partial charge on any atom is -0.423 e. The third-order valence-corrected chi connectivity index (χ3v) is 4.03. The molecule has 0 aliphatic rings. The van der Waals surface area contributed by atoms with E-state index in [9.17, 15) is 8.78 Å². The second kappa shape index (κ2) is 12.6. The van der Waals surface area contributed by atoms with E-state index in [-0.39, 0.29) is 11.3 Å². The molecule has 4 nitrogen and oxygen atoms in total. The molecule has 4 rings (SSSR count). The van der Waals surface area contributed by atoms with Crippen LogP contribution in [0.15, 0.2) is 102 Å². The lowest BCUT2D eigenvalue weighted by Gasteiger charge is -1.98. The summed E-state index contributed by atoms with van der Waals surface area (Å²) in [5, 5.41) is 17.1. The average molecular weight is 471 g/mol. The fourth-order valence-corrected chi connectivity index (χ4v) is 2.46. The number of hydrogen-bond donors (Lipinski definition) is 2. The largest absolute Gasteiger partial charge is 0.488 e. The first-order chi connectivity index (χ1) is 14.5. The summed E-state index contributed by atoms with van der Waals surface area (Å²) in [5.41, 5.74) is 1.77. The van der Waals surface area contributed by atoms with Crippen LogP contribution in [0.25, 0.3) is 11.3 Å². The average Bonchev–Trinajstić information content (AvgIpc) is 2.76. The van der Waals surface area contributed by atoms with E-state index in [1.807, 2.05) is 42.5 Å². The van der Waals surface area contributed by atoms with Crippen molar-refractivity contribution in [3.63, 3.8) is 0 Å². The van der Waals surface area contributed by atoms with E-state index < -0.39 is 12.9 Å². The maximum atomic E-state index is 12.8. The molecule has 2 N–H and O–H groups in total. The van der Waals surface area contributed by atoms with Crippen LogP contribution in [0.1, 0.15) is 0 Å². The lowest BCUT2D eigenvalue weighted by molar-refractivity contribution is 0.425. The lowest BCUT2D eigenvalue weighted by atomic mass is 9.80. The van der Waals surface area contributed by atoms with Crippen molar-refractivity contribution in [1.82, 2.24) is 9.97 Å². The fourth-order valence-electron chi connectivity index (χ4n) is 2.19. The van der Waals surface area contributed by atoms with Crippen LogP contribution in [0, 0.1) is 11.6 Å². The number of aromatic nitrogens is 2. The Morgan fingerprint density at radius 3 is 1.77 bits per heavy atom. The summed E-state index contributed by atoms with van der Waals surface area (Å²) < 4.78 is 26.0. The van der Waals surface area contributed by atoms with Gasteiger partial charge in [0.1, 0.15) is 16.2 Å². The molecule has 0 unspecified atom stereocenters. The van der Waals surface area contributed by atoms with E-state index in [2.05, 4.69) is 25.9 Å². The molecule has 0 fully saturated rings. The molecule has 0 aliphatic carbocycles. The summed E-state index contributed by atoms with van der Waals surface area (Å²) in [5.74, 6) is -0.700. The van der Waals surface area contributed by atoms with Gasteiger partial charge >= 0.3 is 7.12 Å². The van der Waals surface area contributed by atoms with Gasteiger partial charge in [-0.15, -0.1) is 0 Å². The Morgan fingerprint density at radius 1 is 0.700 bits per heavy atom. The summed E-state index contributed by atoms with van der Waals surface area (Å²) in [4.78, 5) is 8.02. The molecule has 2 aromatic heterocycles. The second-order valence-electron chi connectivity index (χ2n) is 5.81. The topological polar surface area (TPSA) is 66.2 Å². The maximum Gasteiger partial charge on any atom is 0.488 e. The van der Waals surface area contributed by atoms with Gasteiger partial charge in [-0.3, -0.25) is 4.98 Å². The molecule has 30 heavy (non-hydrogen) atoms. The van der Waals surface area contributed by atoms with Crippen LogP contribution in [-0.2, 0) is 0 Å². The van der Waals surface area contributed by atoms with Crippen LogP contribution < -0.4 is 5.46 Å². The molecule has 0 bridgehead atoms. The predicted octanol–water partition coefficient (Wildman–Crippen LogP) is 4.24. The minimum absolute atomic E-state index is 0.167. The van der Waals surface area contributed by atoms with Crippen molar-refractivity contribution in [2.45, 2.75) is 0 Å². The van der Waals surface area contributed by atoms with E-state index in [1.165, 1.54) is 30.3 Å². The predicted molar refractivity (Wildman–Crippen MR) is 118 cm³/mol. The Hall–Kier alpha value is -2.94. The lowest BCUT2D eigenvalue weighted by Crippen LogP contribution is -2.29. The van der Waals surface area contributed by atoms with Gasteiger partial charge in [0.25, 0.3) is 0 Å². The first-order valence-electron chi connectivity index (χ1n) is 8.81. The van der Waals surface area contributed by atoms with Gasteiger partial charge in [0.15, 0.2) is 0 Å². The summed E-state index contributed by atoms with van der Waals surface area (Å²) in [6.07, 6.45) is 3.43. The Balaban J connectivity index is 0.000000168. The van der Waals surface area contributed by atoms with Crippen LogP contribution in [-0.4, -0.2) is 27.1 Å². The smallest absolute Gasteiger partial charge is 0.423 e. The molecule has 2 aromatic carbocycles. The van der Waals surface area contributed by atoms with Crippen molar-refractivity contribution in [3.8, 4) is 11.3 Å². The Bertz CT molecular complexity index is 1030. The molecule has 0 saturated carbocycles. The van der Waals surface area contributed by atoms with E-state index >= 15 is 0 Å². The number of rotatable bonds is 2. The molecule has 0 atom stereocenters. The van der Waals surface area contributed by atoms with Crippen LogP contribution in [0.5, 0.6) is 0 Å². The monoisotopic (exact) mass is 470 g/mol. The molecule has 152 valence electrons. The van der Waals surface area contributed by atoms with Gasteiger partial charge in [-0.2, -0.15) is 0 Å². The van der Waals surface area contributed by atoms with Gasteiger partial charge in [-0.1, -0.05) is 36.4 Å². The third-order valence-electron chi connectivity index (χ3n) is 3.56. The number of halogens is 3. The zero-order chi connectivity index (χ0) is 21.8. The highest BCUT2D eigenvalue weighted by molar-refractivity contribution is 9.10. The van der Waals surface area contributed by atoms with Gasteiger partial charge < -0.3 is 10.0 Å². The molecule has 0 aliphatic heterocycles. The highest BCUT2D eigenvalue weighted by Gasteiger charge is 2.09. The van der Waals surface area contributed by atoms with Crippen molar-refractivity contribution in [2.75, 3.05) is 0 Å². The van der Waals surface area contributed by atoms with Crippen molar-refractivity contribution in [3.05, 3.63) is 114 Å². The van der Waals surface area contributed by atoms with Crippen LogP contribution in [0.3, 0.4) is 0 Å². The molecule has 0 saturated heterocycles. The molecule has 0 radical (unpaired) electrons. The molecule has 8 heteroatoms. The highest BCUT2D eigenvalue weighted by Crippen LogP contribution is 2.16. The molecule has 0 spiro atoms. The number of nitrogens with zero attached hydrogens (tertiary/aromatic N) is 2. The first-order valence-corrected chi connectivity index (χ1v) is 9.60. The highest BCUT2D eigenvalue weighted by atomic mass is 79.9. The molecule has 4 aromatic rings. The Kier molecular flexibility index (Phi) is 9.80. The van der Waals surface area contributed by atoms with E-state index in [4.69, 9.17) is 10.0 Å². The van der Waals surface area contributed by atoms with E-state index in [0.717, 1.165) is 21.9 Å². The van der Waals surface area contributed by atoms with Crippen molar-refractivity contribution in [1.29, 1.82) is 0 Å². The van der Waals surface area contributed by atoms with Gasteiger partial charge in [0.05, 0.1) is 5.69 Å². The summed E-state index contributed by atoms with van der Waals surface area (Å²) in [7, 11) is -1.59. The van der Waals surface area contributed by atoms with Crippen molar-refractivity contribution < 1.29 is 18.8 Å². The number of pyridine rings is 2. The zero-order valence-corrected chi connectivity index (χ0v) is 17.3. The Labute approximate surface area is 182 Å². The minimum atomic E-state index is -1.59. The molecular weight excluding hydrogens is 453 g/mol. The van der Waals surface area contributed by atoms with Crippen LogP contribution in [0.2, 0.25) is 0 Å². The molecule has 0 amide bonds. The van der Waals surface area contributed by atoms with E-state index in [1.54, 1.807) is 18.5 Å². The third kappa shape index (κ3) is 8.61. The number of hydrogen-bond acceptors (Lipinski definition) is 4. The maximum absolute atomic E-state index is 12.8. The quantitative estimate of drug-likeness (QED) is 0.339. The fraction of sp³-hybridized carbons (Fsp3) is 0. The molecular formula is C22H18BBrF2N2O2. The normalized spacial score (nSPS) is 9.50. The van der Waals surface area contributed by atoms with Crippen LogP contribution in [0.4, 0.5) is 8.78 Å². The molecule has 2 heterocycles. The SMILES string of the molecule is Brc1ccccn1.Fc1cccc(-c2ccccn2)c1.OB(O)c1cccc(F)c1. The Morgan fingerprint density at radius 2 is 1.33 bits per heavy atom. The summed E-state index contributed by atoms with van der Waals surface area (Å²) in [6.45, 7) is 0. The van der Waals surface area contributed by atoms with Crippen LogP contribution >= 0.6 is 15.9 Å². The van der Waals surface area contributed by atoms with Gasteiger partial charge in [0, 0.05) is 18.0 Å². The van der Waals surface area contributed by atoms with Gasteiger partial charge in [-0.05, 0) is 69.9 Å². The summed E-state index contributed by atoms with van der Waals surface area (Å²) >= 11 is 3.20. The first kappa shape index (κ1) is 23.3. The van der Waals surface area contributed by atoms with Gasteiger partial charge in [-0.25, -0.2) is 13.8 Å². The second-order valence-corrected chi connectivity index (χ2v) is 6.62. The van der Waals surface area contributed by atoms with Crippen molar-refractivity contribution >= 4 is 28.5 Å².